The van der Waals surface area contributed by atoms with Gasteiger partial charge in [-0.1, -0.05) is 13.0 Å². The molecule has 0 bridgehead atoms. The second-order valence-corrected chi connectivity index (χ2v) is 5.41. The fourth-order valence-corrected chi connectivity index (χ4v) is 2.26. The molecule has 1 rings (SSSR count). The number of nitrogens with zero attached hydrogens (tertiary/aromatic N) is 1. The van der Waals surface area contributed by atoms with Crippen LogP contribution in [0.15, 0.2) is 22.5 Å². The van der Waals surface area contributed by atoms with Gasteiger partial charge in [-0.25, -0.2) is 0 Å². The molecule has 1 atom stereocenters. The lowest BCUT2D eigenvalue weighted by atomic mass is 10.1. The Labute approximate surface area is 108 Å². The summed E-state index contributed by atoms with van der Waals surface area (Å²) in [4.78, 5) is 6.01. The summed E-state index contributed by atoms with van der Waals surface area (Å²) in [7, 11) is 0. The number of nitrogens with one attached hydrogen (secondary N) is 2. The molecule has 0 saturated carbocycles. The average Bonchev–Trinajstić information content (AvgIpc) is 2.78. The molecule has 0 saturated heterocycles. The van der Waals surface area contributed by atoms with E-state index in [9.17, 15) is 0 Å². The first-order chi connectivity index (χ1) is 8.13. The third-order valence-electron chi connectivity index (χ3n) is 2.32. The van der Waals surface area contributed by atoms with E-state index in [0.717, 1.165) is 19.0 Å². The van der Waals surface area contributed by atoms with Crippen molar-refractivity contribution in [1.29, 1.82) is 0 Å². The topological polar surface area (TPSA) is 36.4 Å². The second-order valence-electron chi connectivity index (χ2n) is 4.44. The van der Waals surface area contributed by atoms with Gasteiger partial charge in [-0.3, -0.25) is 4.99 Å². The molecule has 96 valence electrons. The van der Waals surface area contributed by atoms with Gasteiger partial charge in [0.15, 0.2) is 5.96 Å². The number of hydrogen-bond donors (Lipinski definition) is 2. The summed E-state index contributed by atoms with van der Waals surface area (Å²) in [6, 6.07) is 4.68. The molecule has 0 amide bonds. The highest BCUT2D eigenvalue weighted by Crippen LogP contribution is 2.20. The molecule has 2 N–H and O–H groups in total. The summed E-state index contributed by atoms with van der Waals surface area (Å²) in [5, 5.41) is 8.70. The van der Waals surface area contributed by atoms with E-state index in [1.54, 1.807) is 11.3 Å². The Morgan fingerprint density at radius 2 is 2.18 bits per heavy atom. The Morgan fingerprint density at radius 3 is 2.71 bits per heavy atom. The van der Waals surface area contributed by atoms with Crippen molar-refractivity contribution in [3.05, 3.63) is 22.4 Å². The SMILES string of the molecule is CCNC(=NCC(C)c1cccs1)NC(C)C. The molecule has 1 unspecified atom stereocenters. The van der Waals surface area contributed by atoms with Crippen molar-refractivity contribution < 1.29 is 0 Å². The van der Waals surface area contributed by atoms with Crippen LogP contribution in [0.4, 0.5) is 0 Å². The zero-order valence-electron chi connectivity index (χ0n) is 11.2. The summed E-state index contributed by atoms with van der Waals surface area (Å²) in [6.45, 7) is 10.3. The summed E-state index contributed by atoms with van der Waals surface area (Å²) < 4.78 is 0. The van der Waals surface area contributed by atoms with E-state index in [1.807, 2.05) is 0 Å². The van der Waals surface area contributed by atoms with Crippen LogP contribution in [0.2, 0.25) is 0 Å². The highest BCUT2D eigenvalue weighted by molar-refractivity contribution is 7.10. The van der Waals surface area contributed by atoms with Crippen molar-refractivity contribution in [1.82, 2.24) is 10.6 Å². The molecule has 0 aliphatic carbocycles. The normalized spacial score (nSPS) is 13.8. The van der Waals surface area contributed by atoms with Gasteiger partial charge in [0.05, 0.1) is 6.54 Å². The van der Waals surface area contributed by atoms with Crippen LogP contribution >= 0.6 is 11.3 Å². The Balaban J connectivity index is 2.53. The molecule has 0 aliphatic heterocycles. The molecule has 4 heteroatoms. The molecule has 3 nitrogen and oxygen atoms in total. The maximum absolute atomic E-state index is 4.61. The van der Waals surface area contributed by atoms with Gasteiger partial charge < -0.3 is 10.6 Å². The van der Waals surface area contributed by atoms with Gasteiger partial charge in [-0.15, -0.1) is 11.3 Å². The van der Waals surface area contributed by atoms with E-state index < -0.39 is 0 Å². The van der Waals surface area contributed by atoms with Gasteiger partial charge in [0, 0.05) is 23.4 Å². The lowest BCUT2D eigenvalue weighted by Crippen LogP contribution is -2.41. The maximum atomic E-state index is 4.61. The smallest absolute Gasteiger partial charge is 0.191 e. The highest BCUT2D eigenvalue weighted by atomic mass is 32.1. The van der Waals surface area contributed by atoms with Gasteiger partial charge in [0.25, 0.3) is 0 Å². The molecule has 17 heavy (non-hydrogen) atoms. The minimum Gasteiger partial charge on any atom is -0.357 e. The fraction of sp³-hybridized carbons (Fsp3) is 0.615. The first kappa shape index (κ1) is 14.0. The lowest BCUT2D eigenvalue weighted by molar-refractivity contribution is 0.692. The van der Waals surface area contributed by atoms with E-state index in [2.05, 4.69) is 60.8 Å². The Bertz CT molecular complexity index is 330. The van der Waals surface area contributed by atoms with Gasteiger partial charge in [0.1, 0.15) is 0 Å². The molecule has 1 aromatic heterocycles. The average molecular weight is 253 g/mol. The van der Waals surface area contributed by atoms with E-state index in [0.29, 0.717) is 12.0 Å². The van der Waals surface area contributed by atoms with E-state index in [4.69, 9.17) is 0 Å². The van der Waals surface area contributed by atoms with Crippen LogP contribution in [-0.2, 0) is 0 Å². The zero-order chi connectivity index (χ0) is 12.7. The van der Waals surface area contributed by atoms with Crippen molar-refractivity contribution in [2.75, 3.05) is 13.1 Å². The van der Waals surface area contributed by atoms with Crippen molar-refractivity contribution in [3.8, 4) is 0 Å². The third-order valence-corrected chi connectivity index (χ3v) is 3.43. The Morgan fingerprint density at radius 1 is 1.41 bits per heavy atom. The van der Waals surface area contributed by atoms with Crippen LogP contribution < -0.4 is 10.6 Å². The van der Waals surface area contributed by atoms with Crippen LogP contribution in [0.3, 0.4) is 0 Å². The molecular weight excluding hydrogens is 230 g/mol. The number of rotatable bonds is 5. The molecule has 0 radical (unpaired) electrons. The number of aliphatic imine (C=N–C) groups is 1. The van der Waals surface area contributed by atoms with Crippen LogP contribution in [0.1, 0.15) is 38.5 Å². The Kier molecular flexibility index (Phi) is 6.05. The predicted octanol–water partition coefficient (Wildman–Crippen LogP) is 2.82. The summed E-state index contributed by atoms with van der Waals surface area (Å²) in [5.74, 6) is 1.39. The number of guanidine groups is 1. The quantitative estimate of drug-likeness (QED) is 0.625. The van der Waals surface area contributed by atoms with Crippen LogP contribution in [-0.4, -0.2) is 25.1 Å². The van der Waals surface area contributed by atoms with Gasteiger partial charge >= 0.3 is 0 Å². The van der Waals surface area contributed by atoms with Crippen molar-refractivity contribution in [2.24, 2.45) is 4.99 Å². The molecule has 0 fully saturated rings. The zero-order valence-corrected chi connectivity index (χ0v) is 12.0. The maximum Gasteiger partial charge on any atom is 0.191 e. The van der Waals surface area contributed by atoms with Gasteiger partial charge in [-0.2, -0.15) is 0 Å². The standard InChI is InChI=1S/C13H23N3S/c1-5-14-13(16-10(2)3)15-9-11(4)12-7-6-8-17-12/h6-8,10-11H,5,9H2,1-4H3,(H2,14,15,16). The molecule has 1 heterocycles. The minimum atomic E-state index is 0.407. The largest absolute Gasteiger partial charge is 0.357 e. The van der Waals surface area contributed by atoms with Gasteiger partial charge in [-0.05, 0) is 32.2 Å². The second kappa shape index (κ2) is 7.33. The van der Waals surface area contributed by atoms with E-state index in [-0.39, 0.29) is 0 Å². The van der Waals surface area contributed by atoms with Crippen LogP contribution in [0, 0.1) is 0 Å². The van der Waals surface area contributed by atoms with E-state index in [1.165, 1.54) is 4.88 Å². The fourth-order valence-electron chi connectivity index (χ4n) is 1.48. The minimum absolute atomic E-state index is 0.407. The number of hydrogen-bond acceptors (Lipinski definition) is 2. The van der Waals surface area contributed by atoms with Gasteiger partial charge in [0.2, 0.25) is 0 Å². The third kappa shape index (κ3) is 5.22. The molecule has 1 aromatic rings. The van der Waals surface area contributed by atoms with Crippen molar-refractivity contribution in [2.45, 2.75) is 39.7 Å². The molecule has 0 aromatic carbocycles. The molecule has 0 spiro atoms. The summed E-state index contributed by atoms with van der Waals surface area (Å²) in [6.07, 6.45) is 0. The van der Waals surface area contributed by atoms with Crippen molar-refractivity contribution >= 4 is 17.3 Å². The van der Waals surface area contributed by atoms with Crippen LogP contribution in [0.5, 0.6) is 0 Å². The van der Waals surface area contributed by atoms with E-state index >= 15 is 0 Å². The highest BCUT2D eigenvalue weighted by Gasteiger charge is 2.06. The lowest BCUT2D eigenvalue weighted by Gasteiger charge is -2.15. The number of thiophene rings is 1. The van der Waals surface area contributed by atoms with Crippen molar-refractivity contribution in [3.63, 3.8) is 0 Å². The predicted molar refractivity (Wildman–Crippen MR) is 77.0 cm³/mol. The summed E-state index contributed by atoms with van der Waals surface area (Å²) in [5.41, 5.74) is 0. The first-order valence-electron chi connectivity index (χ1n) is 6.21. The monoisotopic (exact) mass is 253 g/mol. The molecular formula is C13H23N3S. The molecule has 0 aliphatic rings. The Hall–Kier alpha value is -1.03. The summed E-state index contributed by atoms with van der Waals surface area (Å²) >= 11 is 1.80. The van der Waals surface area contributed by atoms with Crippen LogP contribution in [0.25, 0.3) is 0 Å². The first-order valence-corrected chi connectivity index (χ1v) is 7.09.